The van der Waals surface area contributed by atoms with Crippen LogP contribution >= 0.6 is 0 Å². The molecule has 0 atom stereocenters. The highest BCUT2D eigenvalue weighted by Gasteiger charge is 2.06. The predicted octanol–water partition coefficient (Wildman–Crippen LogP) is 1.95. The number of hydrogen-bond donors (Lipinski definition) is 0. The number of aromatic nitrogens is 1. The van der Waals surface area contributed by atoms with E-state index in [0.717, 1.165) is 16.5 Å². The molecule has 2 rings (SSSR count). The molecule has 0 amide bonds. The van der Waals surface area contributed by atoms with Gasteiger partial charge in [-0.1, -0.05) is 5.16 Å². The Labute approximate surface area is 104 Å². The first-order valence-corrected chi connectivity index (χ1v) is 5.32. The molecule has 0 saturated carbocycles. The summed E-state index contributed by atoms with van der Waals surface area (Å²) in [7, 11) is 1.90. The van der Waals surface area contributed by atoms with E-state index in [4.69, 9.17) is 5.26 Å². The first-order chi connectivity index (χ1) is 8.61. The predicted molar refractivity (Wildman–Crippen MR) is 67.0 cm³/mol. The monoisotopic (exact) mass is 241 g/mol. The van der Waals surface area contributed by atoms with E-state index in [9.17, 15) is 4.79 Å². The summed E-state index contributed by atoms with van der Waals surface area (Å²) in [6.45, 7) is 1.29. The Morgan fingerprint density at radius 2 is 2.33 bits per heavy atom. The van der Waals surface area contributed by atoms with E-state index in [1.54, 1.807) is 12.1 Å². The Balaban J connectivity index is 2.47. The van der Waals surface area contributed by atoms with Gasteiger partial charge in [-0.05, 0) is 18.2 Å². The van der Waals surface area contributed by atoms with Crippen LogP contribution in [0.3, 0.4) is 0 Å². The van der Waals surface area contributed by atoms with Crippen molar-refractivity contribution in [3.63, 3.8) is 0 Å². The lowest BCUT2D eigenvalue weighted by Crippen LogP contribution is -1.91. The minimum Gasteiger partial charge on any atom is -0.350 e. The van der Waals surface area contributed by atoms with Crippen LogP contribution in [0.1, 0.15) is 18.1 Å². The van der Waals surface area contributed by atoms with Gasteiger partial charge in [-0.2, -0.15) is 5.26 Å². The minimum absolute atomic E-state index is 0.468. The molecule has 90 valence electrons. The van der Waals surface area contributed by atoms with Gasteiger partial charge in [0.05, 0.1) is 17.8 Å². The molecular formula is C13H11N3O2. The van der Waals surface area contributed by atoms with Crippen molar-refractivity contribution in [3.05, 3.63) is 35.5 Å². The molecule has 5 nitrogen and oxygen atoms in total. The summed E-state index contributed by atoms with van der Waals surface area (Å²) in [5.41, 5.74) is 2.36. The van der Waals surface area contributed by atoms with Gasteiger partial charge in [-0.25, -0.2) is 4.79 Å². The van der Waals surface area contributed by atoms with Crippen molar-refractivity contribution >= 4 is 23.1 Å². The van der Waals surface area contributed by atoms with Crippen LogP contribution in [0.4, 0.5) is 0 Å². The van der Waals surface area contributed by atoms with Crippen LogP contribution in [0.5, 0.6) is 0 Å². The highest BCUT2D eigenvalue weighted by atomic mass is 16.7. The fourth-order valence-corrected chi connectivity index (χ4v) is 1.75. The summed E-state index contributed by atoms with van der Waals surface area (Å²) in [6, 6.07) is 7.50. The number of carbonyl (C=O) groups excluding carboxylic acids is 1. The fraction of sp³-hybridized carbons (Fsp3) is 0.154. The molecule has 2 aromatic rings. The maximum atomic E-state index is 10.6. The summed E-state index contributed by atoms with van der Waals surface area (Å²) in [4.78, 5) is 15.1. The third-order valence-electron chi connectivity index (χ3n) is 2.52. The van der Waals surface area contributed by atoms with Crippen LogP contribution < -0.4 is 0 Å². The number of aryl methyl sites for hydroxylation is 1. The van der Waals surface area contributed by atoms with Gasteiger partial charge in [0.2, 0.25) is 0 Å². The zero-order valence-corrected chi connectivity index (χ0v) is 10.0. The van der Waals surface area contributed by atoms with Gasteiger partial charge in [0.15, 0.2) is 0 Å². The van der Waals surface area contributed by atoms with E-state index < -0.39 is 5.97 Å². The summed E-state index contributed by atoms with van der Waals surface area (Å²) in [6.07, 6.45) is 3.32. The minimum atomic E-state index is -0.468. The van der Waals surface area contributed by atoms with E-state index in [0.29, 0.717) is 5.56 Å². The molecule has 0 N–H and O–H groups in total. The summed E-state index contributed by atoms with van der Waals surface area (Å²) in [5.74, 6) is -0.468. The molecule has 0 unspecified atom stereocenters. The molecule has 0 aliphatic heterocycles. The van der Waals surface area contributed by atoms with Crippen LogP contribution in [-0.4, -0.2) is 16.8 Å². The van der Waals surface area contributed by atoms with Crippen molar-refractivity contribution in [1.82, 2.24) is 4.57 Å². The molecule has 0 aliphatic carbocycles. The first kappa shape index (κ1) is 11.9. The van der Waals surface area contributed by atoms with E-state index in [1.165, 1.54) is 13.1 Å². The average molecular weight is 241 g/mol. The summed E-state index contributed by atoms with van der Waals surface area (Å²) < 4.78 is 1.92. The van der Waals surface area contributed by atoms with Crippen molar-refractivity contribution in [2.24, 2.45) is 12.2 Å². The number of oxime groups is 1. The molecule has 0 aliphatic rings. The van der Waals surface area contributed by atoms with Gasteiger partial charge < -0.3 is 9.40 Å². The van der Waals surface area contributed by atoms with Crippen molar-refractivity contribution in [1.29, 1.82) is 5.26 Å². The molecule has 0 spiro atoms. The Kier molecular flexibility index (Phi) is 3.11. The molecule has 1 heterocycles. The molecule has 1 aromatic heterocycles. The number of carbonyl (C=O) groups is 1. The second kappa shape index (κ2) is 4.72. The number of nitriles is 1. The lowest BCUT2D eigenvalue weighted by atomic mass is 10.1. The topological polar surface area (TPSA) is 67.4 Å². The molecule has 5 heteroatoms. The molecular weight excluding hydrogens is 230 g/mol. The quantitative estimate of drug-likeness (QED) is 0.458. The van der Waals surface area contributed by atoms with Gasteiger partial charge in [0.1, 0.15) is 0 Å². The highest BCUT2D eigenvalue weighted by Crippen LogP contribution is 2.20. The standard InChI is InChI=1S/C13H11N3O2/c1-9(17)18-15-7-11-8-16(2)13-4-3-10(6-14)5-12(11)13/h3-5,7-8H,1-2H3/b15-7+. The second-order valence-electron chi connectivity index (χ2n) is 3.86. The van der Waals surface area contributed by atoms with Gasteiger partial charge in [0.25, 0.3) is 0 Å². The summed E-state index contributed by atoms with van der Waals surface area (Å²) >= 11 is 0. The van der Waals surface area contributed by atoms with Gasteiger partial charge >= 0.3 is 5.97 Å². The van der Waals surface area contributed by atoms with E-state index >= 15 is 0 Å². The van der Waals surface area contributed by atoms with E-state index in [2.05, 4.69) is 16.1 Å². The van der Waals surface area contributed by atoms with Gasteiger partial charge in [-0.15, -0.1) is 0 Å². The van der Waals surface area contributed by atoms with Crippen LogP contribution in [0.25, 0.3) is 10.9 Å². The highest BCUT2D eigenvalue weighted by molar-refractivity contribution is 5.99. The maximum absolute atomic E-state index is 10.6. The van der Waals surface area contributed by atoms with Crippen LogP contribution in [0.15, 0.2) is 29.6 Å². The third-order valence-corrected chi connectivity index (χ3v) is 2.52. The van der Waals surface area contributed by atoms with Crippen molar-refractivity contribution in [2.45, 2.75) is 6.92 Å². The van der Waals surface area contributed by atoms with Crippen molar-refractivity contribution in [2.75, 3.05) is 0 Å². The first-order valence-electron chi connectivity index (χ1n) is 5.32. The van der Waals surface area contributed by atoms with Gasteiger partial charge in [-0.3, -0.25) is 0 Å². The number of hydrogen-bond acceptors (Lipinski definition) is 4. The van der Waals surface area contributed by atoms with Crippen LogP contribution in [0.2, 0.25) is 0 Å². The fourth-order valence-electron chi connectivity index (χ4n) is 1.75. The zero-order chi connectivity index (χ0) is 13.1. The Morgan fingerprint density at radius 1 is 1.56 bits per heavy atom. The normalized spacial score (nSPS) is 10.7. The molecule has 0 bridgehead atoms. The molecule has 0 fully saturated rings. The van der Waals surface area contributed by atoms with E-state index in [1.807, 2.05) is 23.9 Å². The molecule has 0 radical (unpaired) electrons. The molecule has 0 saturated heterocycles. The Hall–Kier alpha value is -2.61. The average Bonchev–Trinajstić information content (AvgIpc) is 2.65. The maximum Gasteiger partial charge on any atom is 0.331 e. The van der Waals surface area contributed by atoms with Crippen molar-refractivity contribution < 1.29 is 9.63 Å². The third kappa shape index (κ3) is 2.23. The largest absolute Gasteiger partial charge is 0.350 e. The number of benzene rings is 1. The Bertz CT molecular complexity index is 677. The SMILES string of the molecule is CC(=O)O/N=C/c1cn(C)c2ccc(C#N)cc12. The second-order valence-corrected chi connectivity index (χ2v) is 3.86. The van der Waals surface area contributed by atoms with Crippen LogP contribution in [0, 0.1) is 11.3 Å². The van der Waals surface area contributed by atoms with E-state index in [-0.39, 0.29) is 0 Å². The number of rotatable bonds is 2. The number of nitrogens with zero attached hydrogens (tertiary/aromatic N) is 3. The van der Waals surface area contributed by atoms with Crippen molar-refractivity contribution in [3.8, 4) is 6.07 Å². The van der Waals surface area contributed by atoms with Crippen LogP contribution in [-0.2, 0) is 16.7 Å². The van der Waals surface area contributed by atoms with Gasteiger partial charge in [0, 0.05) is 36.6 Å². The molecule has 18 heavy (non-hydrogen) atoms. The lowest BCUT2D eigenvalue weighted by Gasteiger charge is -1.95. The lowest BCUT2D eigenvalue weighted by molar-refractivity contribution is -0.140. The smallest absolute Gasteiger partial charge is 0.331 e. The summed E-state index contributed by atoms with van der Waals surface area (Å²) in [5, 5.41) is 13.4. The zero-order valence-electron chi connectivity index (χ0n) is 10.0. The number of fused-ring (bicyclic) bond motifs is 1. The Morgan fingerprint density at radius 3 is 3.00 bits per heavy atom. The molecule has 1 aromatic carbocycles.